The van der Waals surface area contributed by atoms with Gasteiger partial charge in [0.15, 0.2) is 5.96 Å². The van der Waals surface area contributed by atoms with Crippen molar-refractivity contribution in [2.75, 3.05) is 18.9 Å². The van der Waals surface area contributed by atoms with Crippen LogP contribution in [0.4, 0.5) is 11.5 Å². The molecule has 0 spiro atoms. The molecule has 0 aliphatic heterocycles. The Morgan fingerprint density at radius 1 is 1.12 bits per heavy atom. The van der Waals surface area contributed by atoms with Crippen LogP contribution in [-0.4, -0.2) is 41.1 Å². The lowest BCUT2D eigenvalue weighted by Crippen LogP contribution is -2.28. The van der Waals surface area contributed by atoms with Crippen molar-refractivity contribution in [2.45, 2.75) is 13.3 Å². The van der Waals surface area contributed by atoms with E-state index in [1.807, 2.05) is 24.3 Å². The van der Waals surface area contributed by atoms with Gasteiger partial charge in [-0.15, -0.1) is 0 Å². The third-order valence-electron chi connectivity index (χ3n) is 4.11. The fourth-order valence-corrected chi connectivity index (χ4v) is 2.53. The number of hydrogen-bond donors (Lipinski definition) is 5. The minimum Gasteiger partial charge on any atom is -0.492 e. The average molecular weight is 438 g/mol. The van der Waals surface area contributed by atoms with E-state index in [1.165, 1.54) is 0 Å². The molecule has 2 aromatic carbocycles. The molecule has 0 aliphatic rings. The van der Waals surface area contributed by atoms with Crippen LogP contribution in [0.25, 0.3) is 10.8 Å². The summed E-state index contributed by atoms with van der Waals surface area (Å²) in [5.41, 5.74) is 17.6. The van der Waals surface area contributed by atoms with E-state index in [-0.39, 0.29) is 18.3 Å². The number of pyridine rings is 1. The number of hydrogen-bond acceptors (Lipinski definition) is 6. The van der Waals surface area contributed by atoms with Crippen LogP contribution >= 0.6 is 0 Å². The summed E-state index contributed by atoms with van der Waals surface area (Å²) in [6.45, 7) is 2.28. The Bertz CT molecular complexity index is 1100. The SMILES string of the molecule is CCC(=O)O.NC(N)=Nc1ccc(C(=O)NCCOc2ccc3ccnc(N)c3c2)cc1. The van der Waals surface area contributed by atoms with Crippen LogP contribution in [0.2, 0.25) is 0 Å². The minimum atomic E-state index is -0.745. The Kier molecular flexibility index (Phi) is 8.78. The molecule has 1 aromatic heterocycles. The van der Waals surface area contributed by atoms with Crippen LogP contribution < -0.4 is 27.3 Å². The van der Waals surface area contributed by atoms with Crippen LogP contribution in [0.15, 0.2) is 59.7 Å². The van der Waals surface area contributed by atoms with Gasteiger partial charge in [0, 0.05) is 23.6 Å². The van der Waals surface area contributed by atoms with Crippen LogP contribution in [0, 0.1) is 0 Å². The van der Waals surface area contributed by atoms with Crippen molar-refractivity contribution in [3.8, 4) is 5.75 Å². The van der Waals surface area contributed by atoms with Crippen molar-refractivity contribution in [1.29, 1.82) is 0 Å². The van der Waals surface area contributed by atoms with E-state index in [2.05, 4.69) is 15.3 Å². The lowest BCUT2D eigenvalue weighted by atomic mass is 10.1. The highest BCUT2D eigenvalue weighted by Crippen LogP contribution is 2.23. The Balaban J connectivity index is 0.000000654. The molecule has 0 fully saturated rings. The standard InChI is InChI=1S/C19H20N6O2.C3H6O2/c20-17-16-11-15(6-3-12(16)7-8-23-17)27-10-9-24-18(26)13-1-4-14(5-2-13)25-19(21)22;1-2-3(4)5/h1-8,11H,9-10H2,(H2,20,23)(H,24,26)(H4,21,22,25);2H2,1H3,(H,4,5). The molecule has 0 saturated carbocycles. The lowest BCUT2D eigenvalue weighted by molar-refractivity contribution is -0.136. The van der Waals surface area contributed by atoms with Crippen LogP contribution in [-0.2, 0) is 4.79 Å². The van der Waals surface area contributed by atoms with Crippen molar-refractivity contribution in [2.24, 2.45) is 16.5 Å². The van der Waals surface area contributed by atoms with Crippen LogP contribution in [0.3, 0.4) is 0 Å². The maximum absolute atomic E-state index is 12.1. The van der Waals surface area contributed by atoms with Gasteiger partial charge in [-0.3, -0.25) is 9.59 Å². The van der Waals surface area contributed by atoms with Gasteiger partial charge in [0.05, 0.1) is 12.2 Å². The molecule has 0 bridgehead atoms. The number of aliphatic imine (C=N–C) groups is 1. The number of carbonyl (C=O) groups is 2. The molecule has 1 heterocycles. The zero-order valence-corrected chi connectivity index (χ0v) is 17.6. The number of guanidine groups is 1. The summed E-state index contributed by atoms with van der Waals surface area (Å²) < 4.78 is 5.67. The molecule has 10 nitrogen and oxygen atoms in total. The van der Waals surface area contributed by atoms with E-state index in [0.29, 0.717) is 36.0 Å². The first-order chi connectivity index (χ1) is 15.3. The van der Waals surface area contributed by atoms with Crippen LogP contribution in [0.5, 0.6) is 5.75 Å². The minimum absolute atomic E-state index is 0.0319. The number of amides is 1. The van der Waals surface area contributed by atoms with E-state index in [4.69, 9.17) is 27.0 Å². The van der Waals surface area contributed by atoms with E-state index in [9.17, 15) is 9.59 Å². The van der Waals surface area contributed by atoms with Gasteiger partial charge in [-0.25, -0.2) is 9.98 Å². The number of fused-ring (bicyclic) bond motifs is 1. The Morgan fingerprint density at radius 2 is 1.81 bits per heavy atom. The number of benzene rings is 2. The van der Waals surface area contributed by atoms with Gasteiger partial charge in [-0.2, -0.15) is 0 Å². The first-order valence-corrected chi connectivity index (χ1v) is 9.77. The number of anilines is 1. The highest BCUT2D eigenvalue weighted by molar-refractivity contribution is 5.94. The molecule has 3 aromatic rings. The van der Waals surface area contributed by atoms with Crippen molar-refractivity contribution in [3.63, 3.8) is 0 Å². The number of aliphatic carboxylic acids is 1. The molecule has 32 heavy (non-hydrogen) atoms. The molecule has 0 saturated heterocycles. The Labute approximate surface area is 185 Å². The average Bonchev–Trinajstić information content (AvgIpc) is 2.77. The first kappa shape index (κ1) is 23.9. The summed E-state index contributed by atoms with van der Waals surface area (Å²) in [6.07, 6.45) is 1.89. The van der Waals surface area contributed by atoms with Gasteiger partial charge in [-0.1, -0.05) is 13.0 Å². The molecule has 10 heteroatoms. The van der Waals surface area contributed by atoms with Gasteiger partial charge >= 0.3 is 5.97 Å². The van der Waals surface area contributed by atoms with Crippen LogP contribution in [0.1, 0.15) is 23.7 Å². The predicted octanol–water partition coefficient (Wildman–Crippen LogP) is 2.01. The zero-order chi connectivity index (χ0) is 23.5. The zero-order valence-electron chi connectivity index (χ0n) is 17.6. The highest BCUT2D eigenvalue weighted by Gasteiger charge is 2.05. The fourth-order valence-electron chi connectivity index (χ4n) is 2.53. The second-order valence-electron chi connectivity index (χ2n) is 6.51. The number of rotatable bonds is 7. The third-order valence-corrected chi connectivity index (χ3v) is 4.11. The number of carboxylic acid groups (broad SMARTS) is 1. The number of carboxylic acids is 1. The fraction of sp³-hybridized carbons (Fsp3) is 0.182. The second kappa shape index (κ2) is 11.7. The van der Waals surface area contributed by atoms with Gasteiger partial charge in [0.2, 0.25) is 0 Å². The number of carbonyl (C=O) groups excluding carboxylic acids is 1. The smallest absolute Gasteiger partial charge is 0.303 e. The van der Waals surface area contributed by atoms with Gasteiger partial charge in [-0.05, 0) is 47.9 Å². The highest BCUT2D eigenvalue weighted by atomic mass is 16.5. The first-order valence-electron chi connectivity index (χ1n) is 9.77. The maximum atomic E-state index is 12.1. The maximum Gasteiger partial charge on any atom is 0.303 e. The number of nitrogens with zero attached hydrogens (tertiary/aromatic N) is 2. The summed E-state index contributed by atoms with van der Waals surface area (Å²) in [6, 6.07) is 14.1. The molecular formula is C22H26N6O4. The normalized spacial score (nSPS) is 9.91. The number of aromatic nitrogens is 1. The summed E-state index contributed by atoms with van der Waals surface area (Å²) in [5, 5.41) is 12.3. The van der Waals surface area contributed by atoms with E-state index >= 15 is 0 Å². The van der Waals surface area contributed by atoms with Gasteiger partial charge < -0.3 is 32.4 Å². The largest absolute Gasteiger partial charge is 0.492 e. The number of nitrogen functional groups attached to an aromatic ring is 1. The molecule has 1 amide bonds. The van der Waals surface area contributed by atoms with E-state index in [0.717, 1.165) is 10.8 Å². The monoisotopic (exact) mass is 438 g/mol. The molecule has 3 rings (SSSR count). The molecular weight excluding hydrogens is 412 g/mol. The molecule has 0 atom stereocenters. The van der Waals surface area contributed by atoms with Crippen molar-refractivity contribution in [1.82, 2.24) is 10.3 Å². The summed E-state index contributed by atoms with van der Waals surface area (Å²) in [5.74, 6) is 0.135. The van der Waals surface area contributed by atoms with Crippen molar-refractivity contribution in [3.05, 3.63) is 60.3 Å². The molecule has 168 valence electrons. The predicted molar refractivity (Wildman–Crippen MR) is 124 cm³/mol. The Hall–Kier alpha value is -4.34. The lowest BCUT2D eigenvalue weighted by Gasteiger charge is -2.09. The topological polar surface area (TPSA) is 179 Å². The number of nitrogens with two attached hydrogens (primary N) is 3. The van der Waals surface area contributed by atoms with Crippen molar-refractivity contribution < 1.29 is 19.4 Å². The molecule has 0 aliphatic carbocycles. The molecule has 0 unspecified atom stereocenters. The summed E-state index contributed by atoms with van der Waals surface area (Å²) in [4.78, 5) is 29.5. The molecule has 8 N–H and O–H groups in total. The Morgan fingerprint density at radius 3 is 2.44 bits per heavy atom. The van der Waals surface area contributed by atoms with Gasteiger partial charge in [0.1, 0.15) is 18.2 Å². The summed E-state index contributed by atoms with van der Waals surface area (Å²) in [7, 11) is 0. The molecule has 0 radical (unpaired) electrons. The van der Waals surface area contributed by atoms with Crippen molar-refractivity contribution >= 4 is 40.1 Å². The summed E-state index contributed by atoms with van der Waals surface area (Å²) >= 11 is 0. The van der Waals surface area contributed by atoms with E-state index < -0.39 is 5.97 Å². The number of nitrogens with one attached hydrogen (secondary N) is 1. The van der Waals surface area contributed by atoms with Gasteiger partial charge in [0.25, 0.3) is 5.91 Å². The number of ether oxygens (including phenoxy) is 1. The second-order valence-corrected chi connectivity index (χ2v) is 6.51. The van der Waals surface area contributed by atoms with E-state index in [1.54, 1.807) is 37.4 Å². The third kappa shape index (κ3) is 7.48. The quantitative estimate of drug-likeness (QED) is 0.211.